The fourth-order valence-electron chi connectivity index (χ4n) is 2.96. The monoisotopic (exact) mass is 327 g/mol. The highest BCUT2D eigenvalue weighted by atomic mass is 32.1. The lowest BCUT2D eigenvalue weighted by Gasteiger charge is -2.19. The molecule has 1 aromatic carbocycles. The number of rotatable bonds is 3. The fraction of sp³-hybridized carbons (Fsp3) is 0.450. The summed E-state index contributed by atoms with van der Waals surface area (Å²) in [6.45, 7) is 9.70. The molecular formula is C20H25NOS. The first-order valence-corrected chi connectivity index (χ1v) is 9.19. The molecule has 23 heavy (non-hydrogen) atoms. The van der Waals surface area contributed by atoms with Gasteiger partial charge in [0, 0.05) is 26.7 Å². The van der Waals surface area contributed by atoms with Gasteiger partial charge in [-0.1, -0.05) is 39.0 Å². The molecule has 0 atom stereocenters. The van der Waals surface area contributed by atoms with E-state index in [0.29, 0.717) is 5.41 Å². The maximum Gasteiger partial charge on any atom is 0.197 e. The molecule has 0 saturated carbocycles. The minimum absolute atomic E-state index is 0.187. The van der Waals surface area contributed by atoms with Crippen molar-refractivity contribution in [1.82, 2.24) is 0 Å². The van der Waals surface area contributed by atoms with Crippen molar-refractivity contribution < 1.29 is 0 Å². The van der Waals surface area contributed by atoms with Crippen molar-refractivity contribution in [2.45, 2.75) is 47.0 Å². The molecule has 0 bridgehead atoms. The summed E-state index contributed by atoms with van der Waals surface area (Å²) >= 11 is 1.76. The highest BCUT2D eigenvalue weighted by molar-refractivity contribution is 7.16. The highest BCUT2D eigenvalue weighted by Gasteiger charge is 2.13. The average Bonchev–Trinajstić information content (AvgIpc) is 2.49. The van der Waals surface area contributed by atoms with Gasteiger partial charge in [0.2, 0.25) is 0 Å². The third kappa shape index (κ3) is 3.35. The molecule has 0 aliphatic heterocycles. The van der Waals surface area contributed by atoms with Gasteiger partial charge in [-0.05, 0) is 43.2 Å². The number of anilines is 1. The van der Waals surface area contributed by atoms with Crippen LogP contribution in [-0.4, -0.2) is 6.54 Å². The van der Waals surface area contributed by atoms with E-state index in [0.717, 1.165) is 51.3 Å². The van der Waals surface area contributed by atoms with E-state index in [1.165, 1.54) is 5.56 Å². The Morgan fingerprint density at radius 3 is 2.65 bits per heavy atom. The Morgan fingerprint density at radius 2 is 1.91 bits per heavy atom. The van der Waals surface area contributed by atoms with E-state index in [4.69, 9.17) is 0 Å². The van der Waals surface area contributed by atoms with Gasteiger partial charge in [0.1, 0.15) is 0 Å². The molecule has 0 saturated heterocycles. The van der Waals surface area contributed by atoms with Crippen LogP contribution in [0.2, 0.25) is 0 Å². The number of benzene rings is 1. The number of hydrogen-bond acceptors (Lipinski definition) is 3. The van der Waals surface area contributed by atoms with Crippen LogP contribution in [-0.2, 0) is 0 Å². The Hall–Kier alpha value is -1.61. The summed E-state index contributed by atoms with van der Waals surface area (Å²) in [5.41, 5.74) is 2.65. The van der Waals surface area contributed by atoms with Crippen molar-refractivity contribution in [3.63, 3.8) is 0 Å². The van der Waals surface area contributed by atoms with Crippen LogP contribution in [0.5, 0.6) is 0 Å². The zero-order valence-electron chi connectivity index (χ0n) is 14.5. The van der Waals surface area contributed by atoms with Crippen LogP contribution < -0.4 is 20.5 Å². The van der Waals surface area contributed by atoms with Gasteiger partial charge in [-0.2, -0.15) is 0 Å². The van der Waals surface area contributed by atoms with Gasteiger partial charge in [0.05, 0.1) is 5.39 Å². The molecule has 1 aliphatic rings. The Labute approximate surface area is 141 Å². The second-order valence-electron chi connectivity index (χ2n) is 7.57. The van der Waals surface area contributed by atoms with Gasteiger partial charge in [-0.3, -0.25) is 4.79 Å². The maximum atomic E-state index is 13.0. The van der Waals surface area contributed by atoms with Crippen LogP contribution in [0, 0.1) is 12.3 Å². The molecule has 0 radical (unpaired) electrons. The fourth-order valence-corrected chi connectivity index (χ4v) is 4.20. The van der Waals surface area contributed by atoms with E-state index in [1.807, 2.05) is 0 Å². The van der Waals surface area contributed by atoms with Crippen LogP contribution in [0.3, 0.4) is 0 Å². The molecule has 0 spiro atoms. The molecule has 0 unspecified atom stereocenters. The normalized spacial score (nSPS) is 14.1. The Morgan fingerprint density at radius 1 is 1.17 bits per heavy atom. The Bertz CT molecular complexity index is 916. The van der Waals surface area contributed by atoms with E-state index in [-0.39, 0.29) is 5.43 Å². The summed E-state index contributed by atoms with van der Waals surface area (Å²) in [6, 6.07) is 4.18. The Balaban J connectivity index is 2.14. The summed E-state index contributed by atoms with van der Waals surface area (Å²) in [7, 11) is 0. The number of hydrogen-bond donors (Lipinski definition) is 1. The molecule has 122 valence electrons. The molecule has 3 heteroatoms. The third-order valence-electron chi connectivity index (χ3n) is 4.34. The van der Waals surface area contributed by atoms with Gasteiger partial charge in [-0.25, -0.2) is 0 Å². The Kier molecular flexibility index (Phi) is 4.33. The second kappa shape index (κ2) is 6.12. The van der Waals surface area contributed by atoms with Crippen molar-refractivity contribution in [2.24, 2.45) is 5.41 Å². The number of fused-ring (bicyclic) bond motifs is 2. The minimum atomic E-state index is 0.187. The van der Waals surface area contributed by atoms with Crippen LogP contribution in [0.25, 0.3) is 22.2 Å². The lowest BCUT2D eigenvalue weighted by atomic mass is 9.92. The van der Waals surface area contributed by atoms with Gasteiger partial charge >= 0.3 is 0 Å². The standard InChI is InChI=1S/C20H25NOS/c1-13-9-10-15(21-12-11-20(2,3)4)17-18(22)14-7-5-6-8-16(14)23-19(13)17/h7-10,21H,5-6,11-12H2,1-4H3. The minimum Gasteiger partial charge on any atom is -0.384 e. The summed E-state index contributed by atoms with van der Waals surface area (Å²) in [4.78, 5) is 13.0. The number of nitrogens with one attached hydrogen (secondary N) is 1. The zero-order valence-corrected chi connectivity index (χ0v) is 15.3. The van der Waals surface area contributed by atoms with Crippen LogP contribution in [0.15, 0.2) is 16.9 Å². The molecule has 0 fully saturated rings. The molecular weight excluding hydrogens is 302 g/mol. The quantitative estimate of drug-likeness (QED) is 0.930. The van der Waals surface area contributed by atoms with Crippen molar-refractivity contribution in [3.8, 4) is 0 Å². The number of aryl methyl sites for hydroxylation is 1. The van der Waals surface area contributed by atoms with E-state index in [9.17, 15) is 4.79 Å². The summed E-state index contributed by atoms with van der Waals surface area (Å²) in [5, 5.41) is 5.27. The van der Waals surface area contributed by atoms with Gasteiger partial charge in [-0.15, -0.1) is 11.3 Å². The summed E-state index contributed by atoms with van der Waals surface area (Å²) in [5.74, 6) is 0. The van der Waals surface area contributed by atoms with Crippen molar-refractivity contribution in [2.75, 3.05) is 11.9 Å². The summed E-state index contributed by atoms with van der Waals surface area (Å²) < 4.78 is 2.27. The largest absolute Gasteiger partial charge is 0.384 e. The van der Waals surface area contributed by atoms with Crippen LogP contribution in [0.1, 0.15) is 45.6 Å². The van der Waals surface area contributed by atoms with E-state index >= 15 is 0 Å². The lowest BCUT2D eigenvalue weighted by Crippen LogP contribution is -2.38. The topological polar surface area (TPSA) is 29.1 Å². The van der Waals surface area contributed by atoms with E-state index in [2.05, 4.69) is 57.3 Å². The third-order valence-corrected chi connectivity index (χ3v) is 5.68. The molecule has 2 nitrogen and oxygen atoms in total. The average molecular weight is 327 g/mol. The van der Waals surface area contributed by atoms with Crippen molar-refractivity contribution in [1.29, 1.82) is 0 Å². The first-order chi connectivity index (χ1) is 10.9. The molecule has 1 heterocycles. The molecule has 0 amide bonds. The molecule has 2 aromatic rings. The van der Waals surface area contributed by atoms with E-state index in [1.54, 1.807) is 11.3 Å². The molecule has 1 aliphatic carbocycles. The second-order valence-corrected chi connectivity index (χ2v) is 8.62. The van der Waals surface area contributed by atoms with Crippen LogP contribution >= 0.6 is 11.3 Å². The van der Waals surface area contributed by atoms with E-state index < -0.39 is 0 Å². The van der Waals surface area contributed by atoms with Gasteiger partial charge < -0.3 is 5.32 Å². The highest BCUT2D eigenvalue weighted by Crippen LogP contribution is 2.26. The maximum absolute atomic E-state index is 13.0. The molecule has 3 rings (SSSR count). The smallest absolute Gasteiger partial charge is 0.197 e. The predicted molar refractivity (Wildman–Crippen MR) is 103 cm³/mol. The first kappa shape index (κ1) is 16.3. The zero-order chi connectivity index (χ0) is 16.6. The van der Waals surface area contributed by atoms with Crippen LogP contribution in [0.4, 0.5) is 5.69 Å². The molecule has 1 N–H and O–H groups in total. The van der Waals surface area contributed by atoms with Crippen molar-refractivity contribution >= 4 is 39.3 Å². The predicted octanol–water partition coefficient (Wildman–Crippen LogP) is 3.77. The van der Waals surface area contributed by atoms with Gasteiger partial charge in [0.15, 0.2) is 5.43 Å². The van der Waals surface area contributed by atoms with Crippen molar-refractivity contribution in [3.05, 3.63) is 37.7 Å². The lowest BCUT2D eigenvalue weighted by molar-refractivity contribution is 0.390. The SMILES string of the molecule is Cc1ccc(NCCC(C)(C)C)c2c(=O)c3c(sc12)=CCCC=3. The summed E-state index contributed by atoms with van der Waals surface area (Å²) in [6.07, 6.45) is 7.40. The first-order valence-electron chi connectivity index (χ1n) is 8.37. The molecule has 1 aromatic heterocycles. The van der Waals surface area contributed by atoms with Gasteiger partial charge in [0.25, 0.3) is 0 Å².